The molecule has 1 heterocycles. The lowest BCUT2D eigenvalue weighted by Gasteiger charge is -2.16. The molecule has 5 nitrogen and oxygen atoms in total. The van der Waals surface area contributed by atoms with E-state index in [1.807, 2.05) is 18.2 Å². The van der Waals surface area contributed by atoms with Crippen molar-refractivity contribution in [1.29, 1.82) is 0 Å². The fraction of sp³-hybridized carbons (Fsp3) is 0.263. The van der Waals surface area contributed by atoms with Gasteiger partial charge in [-0.1, -0.05) is 18.2 Å². The zero-order valence-electron chi connectivity index (χ0n) is 13.7. The molecule has 0 radical (unpaired) electrons. The smallest absolute Gasteiger partial charge is 0.347 e. The Morgan fingerprint density at radius 2 is 1.71 bits per heavy atom. The standard InChI is InChI=1S/C19H18O5/c1-11(2)22-18(20)12(3)23-13-8-9-15-14-6-4-5-7-16(14)19(21)24-17(15)10-13/h4-12H,1-3H3/t12-/m0/s1. The molecule has 5 heteroatoms. The summed E-state index contributed by atoms with van der Waals surface area (Å²) in [5.41, 5.74) is 0.0168. The minimum Gasteiger partial charge on any atom is -0.479 e. The van der Waals surface area contributed by atoms with Crippen molar-refractivity contribution >= 4 is 27.7 Å². The SMILES string of the molecule is CC(C)OC(=O)[C@H](C)Oc1ccc2c(c1)oc(=O)c1ccccc12. The van der Waals surface area contributed by atoms with Gasteiger partial charge in [-0.05, 0) is 44.4 Å². The molecule has 0 N–H and O–H groups in total. The number of rotatable bonds is 4. The maximum absolute atomic E-state index is 12.1. The summed E-state index contributed by atoms with van der Waals surface area (Å²) in [6.07, 6.45) is -0.957. The van der Waals surface area contributed by atoms with E-state index in [9.17, 15) is 9.59 Å². The number of esters is 1. The first kappa shape index (κ1) is 16.1. The number of hydrogen-bond acceptors (Lipinski definition) is 5. The molecule has 124 valence electrons. The van der Waals surface area contributed by atoms with Crippen LogP contribution < -0.4 is 10.4 Å². The lowest BCUT2D eigenvalue weighted by molar-refractivity contribution is -0.154. The van der Waals surface area contributed by atoms with Crippen molar-refractivity contribution in [2.75, 3.05) is 0 Å². The van der Waals surface area contributed by atoms with E-state index in [1.165, 1.54) is 0 Å². The topological polar surface area (TPSA) is 65.7 Å². The summed E-state index contributed by atoms with van der Waals surface area (Å²) < 4.78 is 16.1. The summed E-state index contributed by atoms with van der Waals surface area (Å²) in [7, 11) is 0. The quantitative estimate of drug-likeness (QED) is 0.416. The van der Waals surface area contributed by atoms with E-state index < -0.39 is 17.7 Å². The van der Waals surface area contributed by atoms with Crippen molar-refractivity contribution < 1.29 is 18.7 Å². The Morgan fingerprint density at radius 1 is 1.00 bits per heavy atom. The van der Waals surface area contributed by atoms with Gasteiger partial charge in [0.1, 0.15) is 11.3 Å². The highest BCUT2D eigenvalue weighted by Gasteiger charge is 2.18. The first-order chi connectivity index (χ1) is 11.5. The van der Waals surface area contributed by atoms with Gasteiger partial charge in [0, 0.05) is 11.5 Å². The molecule has 0 unspecified atom stereocenters. The van der Waals surface area contributed by atoms with Gasteiger partial charge in [0.15, 0.2) is 6.10 Å². The first-order valence-corrected chi connectivity index (χ1v) is 7.78. The zero-order chi connectivity index (χ0) is 17.3. The summed E-state index contributed by atoms with van der Waals surface area (Å²) in [6.45, 7) is 5.17. The van der Waals surface area contributed by atoms with Crippen LogP contribution >= 0.6 is 0 Å². The van der Waals surface area contributed by atoms with Crippen LogP contribution in [0.2, 0.25) is 0 Å². The first-order valence-electron chi connectivity index (χ1n) is 7.78. The maximum atomic E-state index is 12.1. The number of carbonyl (C=O) groups is 1. The van der Waals surface area contributed by atoms with Crippen LogP contribution in [0.3, 0.4) is 0 Å². The zero-order valence-corrected chi connectivity index (χ0v) is 13.7. The molecule has 0 fully saturated rings. The Balaban J connectivity index is 1.96. The van der Waals surface area contributed by atoms with Crippen molar-refractivity contribution in [2.45, 2.75) is 33.0 Å². The van der Waals surface area contributed by atoms with E-state index in [4.69, 9.17) is 13.9 Å². The number of carbonyl (C=O) groups excluding carboxylic acids is 1. The second-order valence-electron chi connectivity index (χ2n) is 5.84. The van der Waals surface area contributed by atoms with Gasteiger partial charge >= 0.3 is 11.6 Å². The third-order valence-corrected chi connectivity index (χ3v) is 3.59. The van der Waals surface area contributed by atoms with Crippen molar-refractivity contribution in [1.82, 2.24) is 0 Å². The van der Waals surface area contributed by atoms with Crippen LogP contribution in [0.5, 0.6) is 5.75 Å². The van der Waals surface area contributed by atoms with E-state index in [0.29, 0.717) is 16.7 Å². The molecule has 0 aliphatic heterocycles. The van der Waals surface area contributed by atoms with Crippen LogP contribution in [-0.4, -0.2) is 18.2 Å². The Morgan fingerprint density at radius 3 is 2.42 bits per heavy atom. The minimum absolute atomic E-state index is 0.204. The number of ether oxygens (including phenoxy) is 2. The predicted octanol–water partition coefficient (Wildman–Crippen LogP) is 3.67. The molecule has 0 aliphatic rings. The summed E-state index contributed by atoms with van der Waals surface area (Å²) in [5, 5.41) is 2.17. The average molecular weight is 326 g/mol. The molecule has 0 saturated carbocycles. The molecule has 1 atom stereocenters. The van der Waals surface area contributed by atoms with Crippen LogP contribution in [0.15, 0.2) is 51.7 Å². The third kappa shape index (κ3) is 3.11. The second-order valence-corrected chi connectivity index (χ2v) is 5.84. The van der Waals surface area contributed by atoms with Crippen molar-refractivity contribution in [2.24, 2.45) is 0 Å². The monoisotopic (exact) mass is 326 g/mol. The summed E-state index contributed by atoms with van der Waals surface area (Å²) in [4.78, 5) is 23.9. The van der Waals surface area contributed by atoms with E-state index in [1.54, 1.807) is 45.0 Å². The highest BCUT2D eigenvalue weighted by Crippen LogP contribution is 2.26. The van der Waals surface area contributed by atoms with Crippen LogP contribution in [-0.2, 0) is 9.53 Å². The molecular formula is C19H18O5. The highest BCUT2D eigenvalue weighted by molar-refractivity contribution is 6.04. The Bertz CT molecular complexity index is 955. The van der Waals surface area contributed by atoms with Gasteiger partial charge in [-0.2, -0.15) is 0 Å². The molecule has 0 aliphatic carbocycles. The van der Waals surface area contributed by atoms with Gasteiger partial charge in [0.2, 0.25) is 0 Å². The van der Waals surface area contributed by atoms with Gasteiger partial charge in [-0.15, -0.1) is 0 Å². The minimum atomic E-state index is -0.753. The molecule has 0 amide bonds. The Hall–Kier alpha value is -2.82. The maximum Gasteiger partial charge on any atom is 0.347 e. The molecule has 24 heavy (non-hydrogen) atoms. The van der Waals surface area contributed by atoms with Crippen LogP contribution in [0.25, 0.3) is 21.7 Å². The molecule has 0 saturated heterocycles. The fourth-order valence-corrected chi connectivity index (χ4v) is 2.51. The van der Waals surface area contributed by atoms with Gasteiger partial charge < -0.3 is 13.9 Å². The molecule has 2 aromatic carbocycles. The van der Waals surface area contributed by atoms with Crippen molar-refractivity contribution in [3.8, 4) is 5.75 Å². The van der Waals surface area contributed by atoms with Gasteiger partial charge in [-0.25, -0.2) is 9.59 Å². The largest absolute Gasteiger partial charge is 0.479 e. The molecule has 1 aromatic heterocycles. The van der Waals surface area contributed by atoms with Gasteiger partial charge in [0.05, 0.1) is 11.5 Å². The lowest BCUT2D eigenvalue weighted by Crippen LogP contribution is -2.28. The predicted molar refractivity (Wildman–Crippen MR) is 91.3 cm³/mol. The van der Waals surface area contributed by atoms with Crippen molar-refractivity contribution in [3.05, 3.63) is 52.9 Å². The van der Waals surface area contributed by atoms with Gasteiger partial charge in [-0.3, -0.25) is 0 Å². The molecule has 3 rings (SSSR count). The van der Waals surface area contributed by atoms with Crippen molar-refractivity contribution in [3.63, 3.8) is 0 Å². The normalized spacial score (nSPS) is 12.5. The second kappa shape index (κ2) is 6.35. The van der Waals surface area contributed by atoms with Crippen LogP contribution in [0.1, 0.15) is 20.8 Å². The summed E-state index contributed by atoms with van der Waals surface area (Å²) in [5.74, 6) is -0.000742. The Labute approximate surface area is 138 Å². The highest BCUT2D eigenvalue weighted by atomic mass is 16.6. The molecule has 0 bridgehead atoms. The molecule has 0 spiro atoms. The fourth-order valence-electron chi connectivity index (χ4n) is 2.51. The summed E-state index contributed by atoms with van der Waals surface area (Å²) >= 11 is 0. The van der Waals surface area contributed by atoms with Crippen LogP contribution in [0, 0.1) is 0 Å². The molecular weight excluding hydrogens is 308 g/mol. The van der Waals surface area contributed by atoms with E-state index in [2.05, 4.69) is 0 Å². The average Bonchev–Trinajstić information content (AvgIpc) is 2.54. The lowest BCUT2D eigenvalue weighted by atomic mass is 10.1. The number of benzene rings is 2. The van der Waals surface area contributed by atoms with E-state index in [0.717, 1.165) is 10.8 Å². The van der Waals surface area contributed by atoms with Gasteiger partial charge in [0.25, 0.3) is 0 Å². The Kier molecular flexibility index (Phi) is 4.25. The van der Waals surface area contributed by atoms with E-state index >= 15 is 0 Å². The third-order valence-electron chi connectivity index (χ3n) is 3.59. The summed E-state index contributed by atoms with van der Waals surface area (Å²) in [6, 6.07) is 12.4. The van der Waals surface area contributed by atoms with E-state index in [-0.39, 0.29) is 6.10 Å². The number of hydrogen-bond donors (Lipinski definition) is 0. The molecule has 3 aromatic rings. The van der Waals surface area contributed by atoms with Crippen LogP contribution in [0.4, 0.5) is 0 Å². The number of fused-ring (bicyclic) bond motifs is 3.